The highest BCUT2D eigenvalue weighted by Gasteiger charge is 2.09. The van der Waals surface area contributed by atoms with E-state index in [-0.39, 0.29) is 6.04 Å². The van der Waals surface area contributed by atoms with Gasteiger partial charge in [0.15, 0.2) is 0 Å². The maximum absolute atomic E-state index is 10.5. The first-order valence-corrected chi connectivity index (χ1v) is 5.58. The SMILES string of the molecule is COc1cc2ccn(CC(C)NC(=O)O)c2cn1. The van der Waals surface area contributed by atoms with Crippen molar-refractivity contribution < 1.29 is 14.6 Å². The minimum Gasteiger partial charge on any atom is -0.481 e. The van der Waals surface area contributed by atoms with E-state index >= 15 is 0 Å². The second-order valence-corrected chi connectivity index (χ2v) is 4.10. The summed E-state index contributed by atoms with van der Waals surface area (Å²) in [7, 11) is 1.57. The topological polar surface area (TPSA) is 76.4 Å². The number of hydrogen-bond acceptors (Lipinski definition) is 3. The van der Waals surface area contributed by atoms with E-state index in [9.17, 15) is 4.79 Å². The number of fused-ring (bicyclic) bond motifs is 1. The Morgan fingerprint density at radius 2 is 2.44 bits per heavy atom. The predicted molar refractivity (Wildman–Crippen MR) is 66.9 cm³/mol. The zero-order valence-corrected chi connectivity index (χ0v) is 10.3. The van der Waals surface area contributed by atoms with Crippen molar-refractivity contribution in [2.45, 2.75) is 19.5 Å². The number of carboxylic acid groups (broad SMARTS) is 1. The fourth-order valence-corrected chi connectivity index (χ4v) is 1.89. The number of hydrogen-bond donors (Lipinski definition) is 2. The number of pyridine rings is 1. The summed E-state index contributed by atoms with van der Waals surface area (Å²) in [6, 6.07) is 3.63. The van der Waals surface area contributed by atoms with E-state index in [2.05, 4.69) is 10.3 Å². The van der Waals surface area contributed by atoms with E-state index in [4.69, 9.17) is 9.84 Å². The van der Waals surface area contributed by atoms with Gasteiger partial charge in [-0.2, -0.15) is 0 Å². The van der Waals surface area contributed by atoms with Crippen LogP contribution < -0.4 is 10.1 Å². The molecule has 2 N–H and O–H groups in total. The molecular formula is C12H15N3O3. The molecule has 2 rings (SSSR count). The van der Waals surface area contributed by atoms with Gasteiger partial charge in [0.1, 0.15) is 0 Å². The van der Waals surface area contributed by atoms with Crippen molar-refractivity contribution in [3.05, 3.63) is 24.5 Å². The molecule has 96 valence electrons. The fourth-order valence-electron chi connectivity index (χ4n) is 1.89. The number of methoxy groups -OCH3 is 1. The van der Waals surface area contributed by atoms with Crippen LogP contribution in [-0.4, -0.2) is 33.9 Å². The van der Waals surface area contributed by atoms with Gasteiger partial charge in [0.2, 0.25) is 5.88 Å². The number of ether oxygens (including phenoxy) is 1. The lowest BCUT2D eigenvalue weighted by Gasteiger charge is -2.13. The lowest BCUT2D eigenvalue weighted by Crippen LogP contribution is -2.34. The molecule has 1 unspecified atom stereocenters. The maximum Gasteiger partial charge on any atom is 0.404 e. The van der Waals surface area contributed by atoms with Crippen LogP contribution in [0, 0.1) is 0 Å². The van der Waals surface area contributed by atoms with Gasteiger partial charge in [-0.1, -0.05) is 0 Å². The lowest BCUT2D eigenvalue weighted by atomic mass is 10.3. The summed E-state index contributed by atoms with van der Waals surface area (Å²) in [5.41, 5.74) is 0.954. The molecule has 18 heavy (non-hydrogen) atoms. The molecule has 1 atom stereocenters. The van der Waals surface area contributed by atoms with Crippen LogP contribution in [0.5, 0.6) is 5.88 Å². The summed E-state index contributed by atoms with van der Waals surface area (Å²) in [6.45, 7) is 2.38. The molecular weight excluding hydrogens is 234 g/mol. The number of amides is 1. The van der Waals surface area contributed by atoms with Crippen LogP contribution in [0.25, 0.3) is 10.9 Å². The Kier molecular flexibility index (Phi) is 3.36. The molecule has 6 heteroatoms. The van der Waals surface area contributed by atoms with Crippen LogP contribution in [0.2, 0.25) is 0 Å². The zero-order valence-electron chi connectivity index (χ0n) is 10.3. The molecule has 6 nitrogen and oxygen atoms in total. The van der Waals surface area contributed by atoms with Crippen LogP contribution >= 0.6 is 0 Å². The summed E-state index contributed by atoms with van der Waals surface area (Å²) in [4.78, 5) is 14.7. The van der Waals surface area contributed by atoms with Crippen molar-refractivity contribution in [1.82, 2.24) is 14.9 Å². The zero-order chi connectivity index (χ0) is 13.1. The van der Waals surface area contributed by atoms with E-state index in [1.165, 1.54) is 0 Å². The molecule has 2 heterocycles. The molecule has 0 fully saturated rings. The van der Waals surface area contributed by atoms with Gasteiger partial charge >= 0.3 is 6.09 Å². The minimum absolute atomic E-state index is 0.166. The first kappa shape index (κ1) is 12.2. The van der Waals surface area contributed by atoms with Gasteiger partial charge in [0, 0.05) is 30.2 Å². The number of carbonyl (C=O) groups is 1. The minimum atomic E-state index is -1.02. The van der Waals surface area contributed by atoms with E-state index < -0.39 is 6.09 Å². The molecule has 0 radical (unpaired) electrons. The third-order valence-corrected chi connectivity index (χ3v) is 2.68. The van der Waals surface area contributed by atoms with Gasteiger partial charge in [0.05, 0.1) is 18.8 Å². The summed E-state index contributed by atoms with van der Waals surface area (Å²) in [5.74, 6) is 0.567. The summed E-state index contributed by atoms with van der Waals surface area (Å²) >= 11 is 0. The highest BCUT2D eigenvalue weighted by molar-refractivity contribution is 5.80. The van der Waals surface area contributed by atoms with Crippen molar-refractivity contribution in [2.24, 2.45) is 0 Å². The summed E-state index contributed by atoms with van der Waals surface area (Å²) in [5, 5.41) is 12.1. The van der Waals surface area contributed by atoms with Gasteiger partial charge in [-0.15, -0.1) is 0 Å². The van der Waals surface area contributed by atoms with Gasteiger partial charge < -0.3 is 19.7 Å². The molecule has 0 aliphatic carbocycles. The normalized spacial score (nSPS) is 12.3. The molecule has 0 aliphatic heterocycles. The van der Waals surface area contributed by atoms with Crippen molar-refractivity contribution >= 4 is 17.0 Å². The summed E-state index contributed by atoms with van der Waals surface area (Å²) < 4.78 is 7.02. The average Bonchev–Trinajstić information content (AvgIpc) is 2.70. The second kappa shape index (κ2) is 4.95. The Morgan fingerprint density at radius 1 is 1.67 bits per heavy atom. The molecule has 0 saturated carbocycles. The molecule has 0 aliphatic rings. The second-order valence-electron chi connectivity index (χ2n) is 4.10. The van der Waals surface area contributed by atoms with E-state index in [0.29, 0.717) is 12.4 Å². The van der Waals surface area contributed by atoms with Gasteiger partial charge in [0.25, 0.3) is 0 Å². The third kappa shape index (κ3) is 2.53. The van der Waals surface area contributed by atoms with E-state index in [0.717, 1.165) is 10.9 Å². The number of nitrogens with one attached hydrogen (secondary N) is 1. The Morgan fingerprint density at radius 3 is 3.11 bits per heavy atom. The Balaban J connectivity index is 2.21. The van der Waals surface area contributed by atoms with Gasteiger partial charge in [-0.25, -0.2) is 9.78 Å². The number of nitrogens with zero attached hydrogens (tertiary/aromatic N) is 2. The van der Waals surface area contributed by atoms with Crippen molar-refractivity contribution in [2.75, 3.05) is 7.11 Å². The highest BCUT2D eigenvalue weighted by Crippen LogP contribution is 2.19. The van der Waals surface area contributed by atoms with Crippen molar-refractivity contribution in [3.8, 4) is 5.88 Å². The number of aromatic nitrogens is 2. The molecule has 0 spiro atoms. The number of rotatable bonds is 4. The van der Waals surface area contributed by atoms with E-state index in [1.807, 2.05) is 29.8 Å². The van der Waals surface area contributed by atoms with Crippen molar-refractivity contribution in [3.63, 3.8) is 0 Å². The largest absolute Gasteiger partial charge is 0.481 e. The smallest absolute Gasteiger partial charge is 0.404 e. The lowest BCUT2D eigenvalue weighted by molar-refractivity contribution is 0.189. The maximum atomic E-state index is 10.5. The van der Waals surface area contributed by atoms with Gasteiger partial charge in [-0.3, -0.25) is 0 Å². The Bertz CT molecular complexity index is 565. The van der Waals surface area contributed by atoms with E-state index in [1.54, 1.807) is 13.3 Å². The van der Waals surface area contributed by atoms with Crippen LogP contribution in [0.15, 0.2) is 24.5 Å². The Labute approximate surface area is 104 Å². The molecule has 0 bridgehead atoms. The first-order chi connectivity index (χ1) is 8.60. The predicted octanol–water partition coefficient (Wildman–Crippen LogP) is 1.70. The van der Waals surface area contributed by atoms with Gasteiger partial charge in [-0.05, 0) is 13.0 Å². The Hall–Kier alpha value is -2.24. The van der Waals surface area contributed by atoms with Crippen molar-refractivity contribution in [1.29, 1.82) is 0 Å². The molecule has 2 aromatic heterocycles. The van der Waals surface area contributed by atoms with Crippen LogP contribution in [-0.2, 0) is 6.54 Å². The van der Waals surface area contributed by atoms with Crippen LogP contribution in [0.4, 0.5) is 4.79 Å². The van der Waals surface area contributed by atoms with Crippen LogP contribution in [0.1, 0.15) is 6.92 Å². The molecule has 1 amide bonds. The third-order valence-electron chi connectivity index (χ3n) is 2.68. The van der Waals surface area contributed by atoms with Crippen LogP contribution in [0.3, 0.4) is 0 Å². The first-order valence-electron chi connectivity index (χ1n) is 5.58. The standard InChI is InChI=1S/C12H15N3O3/c1-8(14-12(16)17)7-15-4-3-9-5-11(18-2)13-6-10(9)15/h3-6,8,14H,7H2,1-2H3,(H,16,17). The monoisotopic (exact) mass is 249 g/mol. The molecule has 0 aromatic carbocycles. The quantitative estimate of drug-likeness (QED) is 0.864. The average molecular weight is 249 g/mol. The highest BCUT2D eigenvalue weighted by atomic mass is 16.5. The summed E-state index contributed by atoms with van der Waals surface area (Å²) in [6.07, 6.45) is 2.62. The fraction of sp³-hybridized carbons (Fsp3) is 0.333. The molecule has 2 aromatic rings. The molecule has 0 saturated heterocycles.